The topological polar surface area (TPSA) is 51.4 Å². The third-order valence-corrected chi connectivity index (χ3v) is 4.18. The molecule has 1 fully saturated rings. The van der Waals surface area contributed by atoms with Crippen LogP contribution in [0.4, 0.5) is 0 Å². The van der Waals surface area contributed by atoms with E-state index in [1.54, 1.807) is 0 Å². The predicted octanol–water partition coefficient (Wildman–Crippen LogP) is 2.35. The Balaban J connectivity index is 1.98. The van der Waals surface area contributed by atoms with Crippen LogP contribution >= 0.6 is 0 Å². The average Bonchev–Trinajstić information content (AvgIpc) is 2.47. The number of morpholine rings is 1. The number of hydrogen-bond donors (Lipinski definition) is 1. The summed E-state index contributed by atoms with van der Waals surface area (Å²) in [5, 5.41) is 2.41. The molecule has 0 aliphatic carbocycles. The highest BCUT2D eigenvalue weighted by Gasteiger charge is 2.32. The third-order valence-electron chi connectivity index (χ3n) is 4.18. The van der Waals surface area contributed by atoms with Gasteiger partial charge in [-0.2, -0.15) is 0 Å². The molecule has 1 aromatic heterocycles. The van der Waals surface area contributed by atoms with Gasteiger partial charge in [0.25, 0.3) is 0 Å². The molecule has 3 rings (SSSR count). The summed E-state index contributed by atoms with van der Waals surface area (Å²) in [7, 11) is 0. The van der Waals surface area contributed by atoms with Crippen LogP contribution in [0.1, 0.15) is 25.5 Å². The lowest BCUT2D eigenvalue weighted by Crippen LogP contribution is -2.50. The van der Waals surface area contributed by atoms with Gasteiger partial charge in [-0.1, -0.05) is 24.3 Å². The Morgan fingerprint density at radius 1 is 1.33 bits per heavy atom. The van der Waals surface area contributed by atoms with Crippen LogP contribution in [0, 0.1) is 0 Å². The summed E-state index contributed by atoms with van der Waals surface area (Å²) in [6.45, 7) is 7.41. The molecule has 0 spiro atoms. The maximum atomic E-state index is 6.10. The van der Waals surface area contributed by atoms with Gasteiger partial charge < -0.3 is 10.5 Å². The number of hydrogen-bond acceptors (Lipinski definition) is 4. The van der Waals surface area contributed by atoms with E-state index < -0.39 is 0 Å². The first kappa shape index (κ1) is 14.4. The number of rotatable bonds is 3. The average molecular weight is 285 g/mol. The van der Waals surface area contributed by atoms with Crippen molar-refractivity contribution < 1.29 is 4.74 Å². The highest BCUT2D eigenvalue weighted by molar-refractivity contribution is 5.85. The molecule has 0 saturated carbocycles. The quantitative estimate of drug-likeness (QED) is 0.940. The Kier molecular flexibility index (Phi) is 3.93. The second-order valence-corrected chi connectivity index (χ2v) is 6.28. The molecule has 21 heavy (non-hydrogen) atoms. The van der Waals surface area contributed by atoms with Gasteiger partial charge in [0.05, 0.1) is 12.2 Å². The van der Waals surface area contributed by atoms with Gasteiger partial charge in [-0.15, -0.1) is 0 Å². The lowest BCUT2D eigenvalue weighted by atomic mass is 9.98. The van der Waals surface area contributed by atoms with E-state index in [0.29, 0.717) is 6.54 Å². The molecule has 2 aromatic rings. The minimum atomic E-state index is -0.121. The van der Waals surface area contributed by atoms with E-state index in [1.165, 1.54) is 16.3 Å². The van der Waals surface area contributed by atoms with Gasteiger partial charge in [0.15, 0.2) is 0 Å². The van der Waals surface area contributed by atoms with Crippen molar-refractivity contribution in [2.75, 3.05) is 26.2 Å². The van der Waals surface area contributed by atoms with Gasteiger partial charge in [-0.3, -0.25) is 9.88 Å². The standard InChI is InChI=1S/C17H23N3O/c1-17(2)12-20(7-8-21-17)16(9-18)15-11-19-10-13-5-3-4-6-14(13)15/h3-6,10-11,16H,7-9,12,18H2,1-2H3. The van der Waals surface area contributed by atoms with Crippen molar-refractivity contribution in [3.63, 3.8) is 0 Å². The first-order valence-electron chi connectivity index (χ1n) is 7.51. The second-order valence-electron chi connectivity index (χ2n) is 6.28. The van der Waals surface area contributed by atoms with Gasteiger partial charge in [-0.25, -0.2) is 0 Å². The van der Waals surface area contributed by atoms with Crippen LogP contribution in [-0.2, 0) is 4.74 Å². The van der Waals surface area contributed by atoms with Crippen LogP contribution in [0.25, 0.3) is 10.8 Å². The summed E-state index contributed by atoms with van der Waals surface area (Å²) >= 11 is 0. The molecule has 1 unspecified atom stereocenters. The van der Waals surface area contributed by atoms with Crippen molar-refractivity contribution in [2.24, 2.45) is 5.73 Å². The molecule has 1 aliphatic heterocycles. The summed E-state index contributed by atoms with van der Waals surface area (Å²) < 4.78 is 5.82. The Bertz CT molecular complexity index is 621. The van der Waals surface area contributed by atoms with Gasteiger partial charge in [0.2, 0.25) is 0 Å². The number of fused-ring (bicyclic) bond motifs is 1. The number of nitrogens with zero attached hydrogens (tertiary/aromatic N) is 2. The maximum absolute atomic E-state index is 6.10. The molecule has 4 nitrogen and oxygen atoms in total. The highest BCUT2D eigenvalue weighted by Crippen LogP contribution is 2.30. The zero-order valence-electron chi connectivity index (χ0n) is 12.7. The summed E-state index contributed by atoms with van der Waals surface area (Å²) in [6.07, 6.45) is 3.87. The summed E-state index contributed by atoms with van der Waals surface area (Å²) in [6, 6.07) is 8.56. The molecular formula is C17H23N3O. The van der Waals surface area contributed by atoms with E-state index >= 15 is 0 Å². The minimum Gasteiger partial charge on any atom is -0.373 e. The fourth-order valence-corrected chi connectivity index (χ4v) is 3.20. The number of benzene rings is 1. The van der Waals surface area contributed by atoms with Crippen LogP contribution in [-0.4, -0.2) is 41.7 Å². The van der Waals surface area contributed by atoms with E-state index in [9.17, 15) is 0 Å². The normalized spacial score (nSPS) is 20.5. The molecule has 1 atom stereocenters. The molecule has 1 saturated heterocycles. The fraction of sp³-hybridized carbons (Fsp3) is 0.471. The van der Waals surface area contributed by atoms with Crippen molar-refractivity contribution >= 4 is 10.8 Å². The van der Waals surface area contributed by atoms with Gasteiger partial charge in [-0.05, 0) is 24.8 Å². The van der Waals surface area contributed by atoms with E-state index in [-0.39, 0.29) is 11.6 Å². The molecule has 1 aliphatic rings. The first-order valence-corrected chi connectivity index (χ1v) is 7.51. The summed E-state index contributed by atoms with van der Waals surface area (Å²) in [4.78, 5) is 6.82. The zero-order chi connectivity index (χ0) is 14.9. The van der Waals surface area contributed by atoms with Gasteiger partial charge in [0.1, 0.15) is 0 Å². The van der Waals surface area contributed by atoms with Crippen molar-refractivity contribution in [1.82, 2.24) is 9.88 Å². The van der Waals surface area contributed by atoms with Gasteiger partial charge in [0, 0.05) is 43.5 Å². The van der Waals surface area contributed by atoms with Crippen molar-refractivity contribution in [3.8, 4) is 0 Å². The van der Waals surface area contributed by atoms with Crippen LogP contribution in [0.3, 0.4) is 0 Å². The molecule has 1 aromatic carbocycles. The lowest BCUT2D eigenvalue weighted by Gasteiger charge is -2.42. The smallest absolute Gasteiger partial charge is 0.0753 e. The molecule has 112 valence electrons. The van der Waals surface area contributed by atoms with Crippen molar-refractivity contribution in [3.05, 3.63) is 42.2 Å². The molecular weight excluding hydrogens is 262 g/mol. The number of ether oxygens (including phenoxy) is 1. The monoisotopic (exact) mass is 285 g/mol. The zero-order valence-corrected chi connectivity index (χ0v) is 12.7. The SMILES string of the molecule is CC1(C)CN(C(CN)c2cncc3ccccc23)CCO1. The minimum absolute atomic E-state index is 0.121. The predicted molar refractivity (Wildman–Crippen MR) is 85.1 cm³/mol. The molecule has 0 bridgehead atoms. The Hall–Kier alpha value is -1.49. The van der Waals surface area contributed by atoms with E-state index in [2.05, 4.69) is 41.9 Å². The third kappa shape index (κ3) is 2.93. The fourth-order valence-electron chi connectivity index (χ4n) is 3.20. The van der Waals surface area contributed by atoms with E-state index in [1.807, 2.05) is 18.5 Å². The molecule has 2 N–H and O–H groups in total. The molecule has 2 heterocycles. The largest absolute Gasteiger partial charge is 0.373 e. The van der Waals surface area contributed by atoms with Crippen LogP contribution < -0.4 is 5.73 Å². The number of pyridine rings is 1. The molecule has 0 radical (unpaired) electrons. The summed E-state index contributed by atoms with van der Waals surface area (Å²) in [5.74, 6) is 0. The number of nitrogens with two attached hydrogens (primary N) is 1. The highest BCUT2D eigenvalue weighted by atomic mass is 16.5. The van der Waals surface area contributed by atoms with E-state index in [0.717, 1.165) is 19.7 Å². The summed E-state index contributed by atoms with van der Waals surface area (Å²) in [5.41, 5.74) is 7.20. The van der Waals surface area contributed by atoms with Crippen LogP contribution in [0.5, 0.6) is 0 Å². The number of aromatic nitrogens is 1. The van der Waals surface area contributed by atoms with Crippen LogP contribution in [0.15, 0.2) is 36.7 Å². The Morgan fingerprint density at radius 2 is 2.14 bits per heavy atom. The molecule has 0 amide bonds. The van der Waals surface area contributed by atoms with Crippen molar-refractivity contribution in [1.29, 1.82) is 0 Å². The maximum Gasteiger partial charge on any atom is 0.0753 e. The Morgan fingerprint density at radius 3 is 2.90 bits per heavy atom. The first-order chi connectivity index (χ1) is 10.1. The Labute approximate surface area is 125 Å². The lowest BCUT2D eigenvalue weighted by molar-refractivity contribution is -0.0966. The van der Waals surface area contributed by atoms with Gasteiger partial charge >= 0.3 is 0 Å². The molecule has 4 heteroatoms. The van der Waals surface area contributed by atoms with E-state index in [4.69, 9.17) is 10.5 Å². The van der Waals surface area contributed by atoms with Crippen LogP contribution in [0.2, 0.25) is 0 Å². The second kappa shape index (κ2) is 5.72. The van der Waals surface area contributed by atoms with Crippen molar-refractivity contribution in [2.45, 2.75) is 25.5 Å².